The van der Waals surface area contributed by atoms with Crippen LogP contribution in [0.1, 0.15) is 25.0 Å². The van der Waals surface area contributed by atoms with E-state index in [1.807, 2.05) is 6.07 Å². The molecule has 1 aromatic heterocycles. The van der Waals surface area contributed by atoms with Crippen molar-refractivity contribution in [2.24, 2.45) is 0 Å². The van der Waals surface area contributed by atoms with E-state index in [4.69, 9.17) is 4.42 Å². The highest BCUT2D eigenvalue weighted by molar-refractivity contribution is 6.15. The van der Waals surface area contributed by atoms with Gasteiger partial charge in [0.2, 0.25) is 0 Å². The normalized spacial score (nSPS) is 12.9. The lowest BCUT2D eigenvalue weighted by molar-refractivity contribution is 0.658. The highest BCUT2D eigenvalue weighted by atomic mass is 16.3. The Bertz CT molecular complexity index is 2690. The molecule has 0 N–H and O–H groups in total. The van der Waals surface area contributed by atoms with Crippen molar-refractivity contribution in [3.8, 4) is 44.5 Å². The van der Waals surface area contributed by atoms with Gasteiger partial charge in [-0.05, 0) is 104 Å². The molecule has 8 aromatic carbocycles. The van der Waals surface area contributed by atoms with Gasteiger partial charge < -0.3 is 9.32 Å². The lowest BCUT2D eigenvalue weighted by atomic mass is 9.78. The molecule has 2 heteroatoms. The smallest absolute Gasteiger partial charge is 0.136 e. The molecule has 0 unspecified atom stereocenters. The second kappa shape index (κ2) is 12.3. The van der Waals surface area contributed by atoms with Crippen LogP contribution in [0.5, 0.6) is 0 Å². The van der Waals surface area contributed by atoms with Crippen molar-refractivity contribution < 1.29 is 4.42 Å². The Hall–Kier alpha value is -6.64. The first-order valence-corrected chi connectivity index (χ1v) is 18.3. The van der Waals surface area contributed by atoms with Crippen LogP contribution in [-0.4, -0.2) is 0 Å². The van der Waals surface area contributed by atoms with Crippen molar-refractivity contribution in [1.82, 2.24) is 0 Å². The zero-order valence-electron chi connectivity index (χ0n) is 29.8. The summed E-state index contributed by atoms with van der Waals surface area (Å²) in [4.78, 5) is 2.37. The predicted molar refractivity (Wildman–Crippen MR) is 222 cm³/mol. The van der Waals surface area contributed by atoms with Crippen LogP contribution in [0.2, 0.25) is 0 Å². The van der Waals surface area contributed by atoms with Gasteiger partial charge in [-0.2, -0.15) is 0 Å². The van der Waals surface area contributed by atoms with Gasteiger partial charge in [-0.3, -0.25) is 0 Å². The topological polar surface area (TPSA) is 16.4 Å². The molecule has 0 spiro atoms. The summed E-state index contributed by atoms with van der Waals surface area (Å²) in [5, 5.41) is 2.38. The summed E-state index contributed by atoms with van der Waals surface area (Å²) in [5.74, 6) is 0. The van der Waals surface area contributed by atoms with Gasteiger partial charge >= 0.3 is 0 Å². The molecule has 9 aromatic rings. The fourth-order valence-electron chi connectivity index (χ4n) is 8.55. The van der Waals surface area contributed by atoms with Crippen molar-refractivity contribution in [2.45, 2.75) is 19.3 Å². The third-order valence-corrected chi connectivity index (χ3v) is 11.1. The van der Waals surface area contributed by atoms with Gasteiger partial charge in [0.25, 0.3) is 0 Å². The molecular formula is C51H37NO. The van der Waals surface area contributed by atoms with Crippen LogP contribution in [0.15, 0.2) is 192 Å². The third kappa shape index (κ3) is 5.10. The summed E-state index contributed by atoms with van der Waals surface area (Å²) >= 11 is 0. The number of nitrogens with zero attached hydrogens (tertiary/aromatic N) is 1. The third-order valence-electron chi connectivity index (χ3n) is 11.1. The molecule has 0 atom stereocenters. The molecular weight excluding hydrogens is 643 g/mol. The van der Waals surface area contributed by atoms with Crippen molar-refractivity contribution in [2.75, 3.05) is 4.90 Å². The van der Waals surface area contributed by atoms with E-state index in [0.717, 1.165) is 28.2 Å². The Morgan fingerprint density at radius 2 is 0.962 bits per heavy atom. The average Bonchev–Trinajstić information content (AvgIpc) is 3.71. The summed E-state index contributed by atoms with van der Waals surface area (Å²) in [6, 6.07) is 67.7. The SMILES string of the molecule is CC1(C)c2ccc3oc4ccccc4c3c2-c2cccc(-c3cccc(N(c4ccc(-c5ccccc5)cc4)c4ccc(-c5ccccc5)cc4)c3)c21. The highest BCUT2D eigenvalue weighted by Gasteiger charge is 2.39. The lowest BCUT2D eigenvalue weighted by Gasteiger charge is -2.28. The van der Waals surface area contributed by atoms with Gasteiger partial charge in [0.15, 0.2) is 0 Å². The van der Waals surface area contributed by atoms with Crippen molar-refractivity contribution in [1.29, 1.82) is 0 Å². The molecule has 0 amide bonds. The van der Waals surface area contributed by atoms with Gasteiger partial charge in [-0.25, -0.2) is 0 Å². The minimum atomic E-state index is -0.204. The van der Waals surface area contributed by atoms with Crippen LogP contribution >= 0.6 is 0 Å². The number of hydrogen-bond acceptors (Lipinski definition) is 2. The van der Waals surface area contributed by atoms with Gasteiger partial charge in [-0.1, -0.05) is 153 Å². The molecule has 0 aliphatic heterocycles. The minimum absolute atomic E-state index is 0.204. The molecule has 252 valence electrons. The van der Waals surface area contributed by atoms with E-state index in [1.54, 1.807) is 0 Å². The largest absolute Gasteiger partial charge is 0.456 e. The van der Waals surface area contributed by atoms with Crippen LogP contribution in [-0.2, 0) is 5.41 Å². The standard InChI is InChI=1S/C51H37NO/c1-51(2)45-31-32-47-49(43-19-9-10-22-46(43)53-47)48(45)44-21-12-20-42(50(44)51)38-17-11-18-41(33-38)52(39-27-23-36(24-28-39)34-13-5-3-6-14-34)40-29-25-37(26-30-40)35-15-7-4-8-16-35/h3-33H,1-2H3. The molecule has 0 saturated heterocycles. The molecule has 1 heterocycles. The maximum atomic E-state index is 6.36. The molecule has 2 nitrogen and oxygen atoms in total. The van der Waals surface area contributed by atoms with Crippen molar-refractivity contribution >= 4 is 39.0 Å². The number of benzene rings is 8. The maximum Gasteiger partial charge on any atom is 0.136 e. The first kappa shape index (κ1) is 31.1. The second-order valence-corrected chi connectivity index (χ2v) is 14.5. The quantitative estimate of drug-likeness (QED) is 0.174. The Kier molecular flexibility index (Phi) is 7.19. The van der Waals surface area contributed by atoms with Crippen LogP contribution < -0.4 is 4.90 Å². The van der Waals surface area contributed by atoms with Crippen LogP contribution in [0.25, 0.3) is 66.4 Å². The van der Waals surface area contributed by atoms with Crippen LogP contribution in [0, 0.1) is 0 Å². The molecule has 0 bridgehead atoms. The van der Waals surface area contributed by atoms with Crippen molar-refractivity contribution in [3.05, 3.63) is 199 Å². The molecule has 10 rings (SSSR count). The molecule has 1 aliphatic carbocycles. The van der Waals surface area contributed by atoms with E-state index in [-0.39, 0.29) is 5.41 Å². The van der Waals surface area contributed by atoms with Gasteiger partial charge in [-0.15, -0.1) is 0 Å². The first-order valence-electron chi connectivity index (χ1n) is 18.3. The maximum absolute atomic E-state index is 6.36. The summed E-state index contributed by atoms with van der Waals surface area (Å²) in [6.07, 6.45) is 0. The Morgan fingerprint density at radius 3 is 1.62 bits per heavy atom. The summed E-state index contributed by atoms with van der Waals surface area (Å²) in [5.41, 5.74) is 17.5. The minimum Gasteiger partial charge on any atom is -0.456 e. The van der Waals surface area contributed by atoms with Gasteiger partial charge in [0, 0.05) is 33.2 Å². The number of rotatable bonds is 6. The van der Waals surface area contributed by atoms with E-state index in [0.29, 0.717) is 0 Å². The molecule has 0 radical (unpaired) electrons. The number of furan rings is 1. The zero-order valence-corrected chi connectivity index (χ0v) is 29.8. The Labute approximate surface area is 310 Å². The number of hydrogen-bond donors (Lipinski definition) is 0. The van der Waals surface area contributed by atoms with Crippen LogP contribution in [0.4, 0.5) is 17.1 Å². The van der Waals surface area contributed by atoms with Gasteiger partial charge in [0.05, 0.1) is 0 Å². The fraction of sp³-hybridized carbons (Fsp3) is 0.0588. The van der Waals surface area contributed by atoms with E-state index in [9.17, 15) is 0 Å². The van der Waals surface area contributed by atoms with Crippen LogP contribution in [0.3, 0.4) is 0 Å². The van der Waals surface area contributed by atoms with E-state index in [1.165, 1.54) is 66.4 Å². The average molecular weight is 680 g/mol. The van der Waals surface area contributed by atoms with E-state index in [2.05, 4.69) is 201 Å². The summed E-state index contributed by atoms with van der Waals surface area (Å²) in [6.45, 7) is 4.74. The molecule has 1 aliphatic rings. The zero-order chi connectivity index (χ0) is 35.5. The van der Waals surface area contributed by atoms with Gasteiger partial charge in [0.1, 0.15) is 11.2 Å². The monoisotopic (exact) mass is 679 g/mol. The van der Waals surface area contributed by atoms with E-state index >= 15 is 0 Å². The summed E-state index contributed by atoms with van der Waals surface area (Å²) in [7, 11) is 0. The molecule has 53 heavy (non-hydrogen) atoms. The van der Waals surface area contributed by atoms with E-state index < -0.39 is 0 Å². The number of anilines is 3. The highest BCUT2D eigenvalue weighted by Crippen LogP contribution is 2.55. The fourth-order valence-corrected chi connectivity index (χ4v) is 8.55. The van der Waals surface area contributed by atoms with Crippen molar-refractivity contribution in [3.63, 3.8) is 0 Å². The predicted octanol–water partition coefficient (Wildman–Crippen LogP) is 14.4. The lowest BCUT2D eigenvalue weighted by Crippen LogP contribution is -2.16. The first-order chi connectivity index (χ1) is 26.0. The molecule has 0 fully saturated rings. The second-order valence-electron chi connectivity index (χ2n) is 14.5. The Balaban J connectivity index is 1.11. The Morgan fingerprint density at radius 1 is 0.415 bits per heavy atom. The molecule has 0 saturated carbocycles. The number of para-hydroxylation sites is 1. The summed E-state index contributed by atoms with van der Waals surface area (Å²) < 4.78 is 6.36. The number of fused-ring (bicyclic) bond motifs is 7.